The van der Waals surface area contributed by atoms with Crippen LogP contribution in [-0.2, 0) is 13.7 Å². The van der Waals surface area contributed by atoms with E-state index >= 15 is 0 Å². The van der Waals surface area contributed by atoms with Crippen molar-refractivity contribution >= 4 is 27.1 Å². The van der Waals surface area contributed by atoms with Gasteiger partial charge in [0.15, 0.2) is 5.65 Å². The average molecular weight is 492 g/mol. The highest BCUT2D eigenvalue weighted by molar-refractivity contribution is 9.10. The summed E-state index contributed by atoms with van der Waals surface area (Å²) in [5.74, 6) is 2.96. The molecule has 4 aromatic rings. The fourth-order valence-electron chi connectivity index (χ4n) is 3.53. The number of allylic oxidation sites excluding steroid dienone is 3. The Labute approximate surface area is 194 Å². The van der Waals surface area contributed by atoms with Crippen LogP contribution in [0.4, 0.5) is 0 Å². The molecule has 0 spiro atoms. The number of pyridine rings is 1. The Morgan fingerprint density at radius 1 is 1.16 bits per heavy atom. The first-order valence-corrected chi connectivity index (χ1v) is 11.2. The zero-order valence-electron chi connectivity index (χ0n) is 17.6. The summed E-state index contributed by atoms with van der Waals surface area (Å²) in [6.07, 6.45) is 13.9. The summed E-state index contributed by atoms with van der Waals surface area (Å²) in [7, 11) is 1.95. The predicted octanol–water partition coefficient (Wildman–Crippen LogP) is 5.36. The molecule has 0 atom stereocenters. The molecule has 3 aromatic heterocycles. The highest BCUT2D eigenvalue weighted by Crippen LogP contribution is 2.34. The van der Waals surface area contributed by atoms with Crippen LogP contribution in [0.1, 0.15) is 18.7 Å². The summed E-state index contributed by atoms with van der Waals surface area (Å²) in [5.41, 5.74) is 3.57. The number of ether oxygens (including phenoxy) is 2. The summed E-state index contributed by atoms with van der Waals surface area (Å²) < 4.78 is 15.0. The number of aromatic nitrogens is 5. The van der Waals surface area contributed by atoms with Crippen molar-refractivity contribution in [1.82, 2.24) is 24.5 Å². The Hall–Kier alpha value is -3.39. The molecule has 3 heterocycles. The first kappa shape index (κ1) is 20.5. The smallest absolute Gasteiger partial charge is 0.157 e. The van der Waals surface area contributed by atoms with E-state index in [9.17, 15) is 0 Å². The van der Waals surface area contributed by atoms with Gasteiger partial charge in [-0.3, -0.25) is 0 Å². The van der Waals surface area contributed by atoms with E-state index in [2.05, 4.69) is 49.1 Å². The number of aromatic amines is 1. The molecule has 5 rings (SSSR count). The van der Waals surface area contributed by atoms with Crippen molar-refractivity contribution in [2.24, 2.45) is 7.05 Å². The van der Waals surface area contributed by atoms with Gasteiger partial charge in [-0.15, -0.1) is 0 Å². The average Bonchev–Trinajstić information content (AvgIpc) is 3.42. The van der Waals surface area contributed by atoms with E-state index in [-0.39, 0.29) is 0 Å². The number of halogens is 1. The maximum atomic E-state index is 6.14. The Morgan fingerprint density at radius 2 is 2.09 bits per heavy atom. The minimum Gasteiger partial charge on any atom is -0.489 e. The van der Waals surface area contributed by atoms with Gasteiger partial charge in [0.2, 0.25) is 0 Å². The molecule has 0 unspecified atom stereocenters. The van der Waals surface area contributed by atoms with Crippen LogP contribution in [0.25, 0.3) is 22.6 Å². The van der Waals surface area contributed by atoms with Crippen molar-refractivity contribution in [1.29, 1.82) is 0 Å². The molecule has 1 aliphatic carbocycles. The number of hydrogen-bond acceptors (Lipinski definition) is 5. The highest BCUT2D eigenvalue weighted by atomic mass is 79.9. The molecule has 1 aliphatic rings. The molecule has 0 saturated heterocycles. The zero-order chi connectivity index (χ0) is 21.9. The first-order chi connectivity index (χ1) is 15.7. The second-order valence-corrected chi connectivity index (χ2v) is 8.50. The molecule has 0 fully saturated rings. The summed E-state index contributed by atoms with van der Waals surface area (Å²) in [6, 6.07) is 7.73. The molecule has 1 N–H and O–H groups in total. The fourth-order valence-corrected chi connectivity index (χ4v) is 3.85. The number of benzene rings is 1. The molecular formula is C24H22BrN5O2. The van der Waals surface area contributed by atoms with Crippen LogP contribution in [0.2, 0.25) is 0 Å². The maximum absolute atomic E-state index is 6.14. The number of nitrogens with zero attached hydrogens (tertiary/aromatic N) is 4. The number of fused-ring (bicyclic) bond motifs is 1. The van der Waals surface area contributed by atoms with Crippen LogP contribution in [0.15, 0.2) is 71.1 Å². The number of nitrogens with one attached hydrogen (secondary N) is 1. The number of hydrogen-bond donors (Lipinski definition) is 1. The van der Waals surface area contributed by atoms with Gasteiger partial charge in [0.25, 0.3) is 0 Å². The molecule has 0 radical (unpaired) electrons. The summed E-state index contributed by atoms with van der Waals surface area (Å²) in [6.45, 7) is 0.909. The van der Waals surface area contributed by atoms with E-state index in [1.807, 2.05) is 42.1 Å². The number of aryl methyl sites for hydroxylation is 1. The fraction of sp³-hybridized carbons (Fsp3) is 0.208. The normalized spacial score (nSPS) is 13.4. The predicted molar refractivity (Wildman–Crippen MR) is 127 cm³/mol. The zero-order valence-corrected chi connectivity index (χ0v) is 19.2. The quantitative estimate of drug-likeness (QED) is 0.376. The molecular weight excluding hydrogens is 470 g/mol. The van der Waals surface area contributed by atoms with Gasteiger partial charge in [0.1, 0.15) is 41.9 Å². The van der Waals surface area contributed by atoms with Crippen molar-refractivity contribution in [3.63, 3.8) is 0 Å². The number of imidazole rings is 2. The number of H-pyrrole nitrogens is 1. The Balaban J connectivity index is 1.46. The third kappa shape index (κ3) is 4.45. The molecule has 32 heavy (non-hydrogen) atoms. The van der Waals surface area contributed by atoms with Crippen LogP contribution >= 0.6 is 15.9 Å². The van der Waals surface area contributed by atoms with Crippen LogP contribution in [0.5, 0.6) is 11.5 Å². The van der Waals surface area contributed by atoms with Crippen LogP contribution in [0, 0.1) is 0 Å². The SMILES string of the molecule is Cn1ccnc1COc1ccc(OCC2=CC=CCC2)cc1-c1nc2cc(Br)cnc2[nH]1. The Kier molecular flexibility index (Phi) is 5.77. The molecule has 162 valence electrons. The van der Waals surface area contributed by atoms with E-state index in [0.717, 1.165) is 40.0 Å². The minimum absolute atomic E-state index is 0.347. The van der Waals surface area contributed by atoms with Gasteiger partial charge in [-0.25, -0.2) is 15.0 Å². The van der Waals surface area contributed by atoms with Crippen molar-refractivity contribution in [2.45, 2.75) is 19.4 Å². The van der Waals surface area contributed by atoms with Crippen molar-refractivity contribution < 1.29 is 9.47 Å². The van der Waals surface area contributed by atoms with Gasteiger partial charge in [-0.05, 0) is 58.6 Å². The van der Waals surface area contributed by atoms with E-state index in [1.54, 1.807) is 12.4 Å². The molecule has 8 heteroatoms. The van der Waals surface area contributed by atoms with Crippen LogP contribution in [-0.4, -0.2) is 31.1 Å². The van der Waals surface area contributed by atoms with Gasteiger partial charge in [-0.1, -0.05) is 18.2 Å². The topological polar surface area (TPSA) is 77.8 Å². The van der Waals surface area contributed by atoms with E-state index in [4.69, 9.17) is 14.5 Å². The Morgan fingerprint density at radius 3 is 2.91 bits per heavy atom. The summed E-state index contributed by atoms with van der Waals surface area (Å²) in [5, 5.41) is 0. The summed E-state index contributed by atoms with van der Waals surface area (Å²) in [4.78, 5) is 16.8. The van der Waals surface area contributed by atoms with E-state index in [0.29, 0.717) is 30.4 Å². The van der Waals surface area contributed by atoms with Gasteiger partial charge < -0.3 is 19.0 Å². The second-order valence-electron chi connectivity index (χ2n) is 7.59. The van der Waals surface area contributed by atoms with E-state index in [1.165, 1.54) is 5.57 Å². The monoisotopic (exact) mass is 491 g/mol. The lowest BCUT2D eigenvalue weighted by Gasteiger charge is -2.14. The van der Waals surface area contributed by atoms with Gasteiger partial charge >= 0.3 is 0 Å². The molecule has 7 nitrogen and oxygen atoms in total. The molecule has 0 aliphatic heterocycles. The molecule has 0 saturated carbocycles. The van der Waals surface area contributed by atoms with Gasteiger partial charge in [-0.2, -0.15) is 0 Å². The largest absolute Gasteiger partial charge is 0.489 e. The molecule has 0 bridgehead atoms. The van der Waals surface area contributed by atoms with Gasteiger partial charge in [0.05, 0.1) is 5.56 Å². The van der Waals surface area contributed by atoms with E-state index < -0.39 is 0 Å². The lowest BCUT2D eigenvalue weighted by atomic mass is 10.1. The minimum atomic E-state index is 0.347. The van der Waals surface area contributed by atoms with Crippen molar-refractivity contribution in [3.8, 4) is 22.9 Å². The van der Waals surface area contributed by atoms with Gasteiger partial charge in [0, 0.05) is 30.1 Å². The maximum Gasteiger partial charge on any atom is 0.157 e. The first-order valence-electron chi connectivity index (χ1n) is 10.4. The number of rotatable bonds is 7. The Bertz CT molecular complexity index is 1320. The highest BCUT2D eigenvalue weighted by Gasteiger charge is 2.15. The standard InChI is InChI=1S/C24H22BrN5O2/c1-30-10-9-26-22(30)15-32-21-8-7-18(31-14-16-5-3-2-4-6-16)12-19(21)23-28-20-11-17(25)13-27-24(20)29-23/h2-3,5,7-13H,4,6,14-15H2,1H3,(H,27,28,29). The third-order valence-corrected chi connectivity index (χ3v) is 5.75. The second kappa shape index (κ2) is 9.00. The van der Waals surface area contributed by atoms with Crippen molar-refractivity contribution in [2.75, 3.05) is 6.61 Å². The van der Waals surface area contributed by atoms with Crippen LogP contribution < -0.4 is 9.47 Å². The third-order valence-electron chi connectivity index (χ3n) is 5.31. The molecule has 1 aromatic carbocycles. The van der Waals surface area contributed by atoms with Crippen molar-refractivity contribution in [3.05, 3.63) is 77.0 Å². The lowest BCUT2D eigenvalue weighted by Crippen LogP contribution is -2.05. The summed E-state index contributed by atoms with van der Waals surface area (Å²) >= 11 is 3.46. The van der Waals surface area contributed by atoms with Crippen LogP contribution in [0.3, 0.4) is 0 Å². The lowest BCUT2D eigenvalue weighted by molar-refractivity contribution is 0.291. The molecule has 0 amide bonds.